The van der Waals surface area contributed by atoms with E-state index in [1.807, 2.05) is 17.0 Å². The van der Waals surface area contributed by atoms with Crippen LogP contribution in [0.2, 0.25) is 0 Å². The highest BCUT2D eigenvalue weighted by atomic mass is 16.2. The van der Waals surface area contributed by atoms with E-state index < -0.39 is 0 Å². The fourth-order valence-corrected chi connectivity index (χ4v) is 3.90. The van der Waals surface area contributed by atoms with Gasteiger partial charge in [0, 0.05) is 44.7 Å². The van der Waals surface area contributed by atoms with Gasteiger partial charge in [-0.05, 0) is 24.0 Å². The van der Waals surface area contributed by atoms with Gasteiger partial charge in [0.25, 0.3) is 0 Å². The Bertz CT molecular complexity index is 791. The van der Waals surface area contributed by atoms with E-state index >= 15 is 0 Å². The molecule has 0 bridgehead atoms. The molecule has 1 aliphatic carbocycles. The third kappa shape index (κ3) is 4.63. The van der Waals surface area contributed by atoms with E-state index in [9.17, 15) is 4.79 Å². The highest BCUT2D eigenvalue weighted by molar-refractivity contribution is 5.74. The summed E-state index contributed by atoms with van der Waals surface area (Å²) in [7, 11) is 0. The van der Waals surface area contributed by atoms with Crippen molar-refractivity contribution >= 4 is 12.1 Å². The summed E-state index contributed by atoms with van der Waals surface area (Å²) in [6.07, 6.45) is 6.71. The number of amides is 2. The van der Waals surface area contributed by atoms with Crippen LogP contribution in [0.3, 0.4) is 0 Å². The van der Waals surface area contributed by atoms with Gasteiger partial charge in [0.2, 0.25) is 0 Å². The number of nitrogens with one attached hydrogen (secondary N) is 1. The van der Waals surface area contributed by atoms with Crippen LogP contribution in [-0.2, 0) is 5.41 Å². The van der Waals surface area contributed by atoms with Crippen LogP contribution in [0.1, 0.15) is 24.0 Å². The van der Waals surface area contributed by atoms with Crippen LogP contribution in [0.25, 0.3) is 6.08 Å². The first-order chi connectivity index (χ1) is 13.8. The number of hydrogen-bond acceptors (Lipinski definition) is 2. The Labute approximate surface area is 167 Å². The fraction of sp³-hybridized carbons (Fsp3) is 0.375. The van der Waals surface area contributed by atoms with Gasteiger partial charge < -0.3 is 10.2 Å². The first kappa shape index (κ1) is 18.8. The monoisotopic (exact) mass is 375 g/mol. The second kappa shape index (κ2) is 8.61. The van der Waals surface area contributed by atoms with E-state index in [1.54, 1.807) is 0 Å². The van der Waals surface area contributed by atoms with E-state index in [4.69, 9.17) is 0 Å². The summed E-state index contributed by atoms with van der Waals surface area (Å²) >= 11 is 0. The Balaban J connectivity index is 1.20. The largest absolute Gasteiger partial charge is 0.337 e. The summed E-state index contributed by atoms with van der Waals surface area (Å²) in [5.74, 6) is 0. The molecule has 2 fully saturated rings. The fourth-order valence-electron chi connectivity index (χ4n) is 3.90. The molecule has 28 heavy (non-hydrogen) atoms. The van der Waals surface area contributed by atoms with Crippen molar-refractivity contribution in [2.24, 2.45) is 0 Å². The van der Waals surface area contributed by atoms with Crippen LogP contribution >= 0.6 is 0 Å². The molecule has 4 heteroatoms. The van der Waals surface area contributed by atoms with Gasteiger partial charge >= 0.3 is 6.03 Å². The zero-order chi connectivity index (χ0) is 19.2. The SMILES string of the molecule is O=C(NCC1(c2ccccc2)CC1)N1CCN(C/C=C/c2ccccc2)CC1. The molecule has 4 rings (SSSR count). The Hall–Kier alpha value is -2.59. The van der Waals surface area contributed by atoms with Crippen molar-refractivity contribution in [3.8, 4) is 0 Å². The van der Waals surface area contributed by atoms with Crippen LogP contribution in [0, 0.1) is 0 Å². The van der Waals surface area contributed by atoms with E-state index in [-0.39, 0.29) is 11.4 Å². The first-order valence-electron chi connectivity index (χ1n) is 10.3. The van der Waals surface area contributed by atoms with Gasteiger partial charge in [-0.1, -0.05) is 72.8 Å². The van der Waals surface area contributed by atoms with Gasteiger partial charge in [-0.25, -0.2) is 4.79 Å². The molecule has 2 aliphatic rings. The Morgan fingerprint density at radius 2 is 1.57 bits per heavy atom. The van der Waals surface area contributed by atoms with Gasteiger partial charge in [0.05, 0.1) is 0 Å². The molecule has 0 unspecified atom stereocenters. The molecule has 4 nitrogen and oxygen atoms in total. The number of benzene rings is 2. The quantitative estimate of drug-likeness (QED) is 0.834. The highest BCUT2D eigenvalue weighted by Gasteiger charge is 2.44. The molecular weight excluding hydrogens is 346 g/mol. The third-order valence-electron chi connectivity index (χ3n) is 5.95. The Kier molecular flexibility index (Phi) is 5.77. The number of rotatable bonds is 6. The standard InChI is InChI=1S/C24H29N3O/c28-23(25-20-24(13-14-24)22-11-5-2-6-12-22)27-18-16-26(17-19-27)15-7-10-21-8-3-1-4-9-21/h1-12H,13-20H2,(H,25,28)/b10-7+. The Morgan fingerprint density at radius 3 is 2.21 bits per heavy atom. The molecule has 146 valence electrons. The van der Waals surface area contributed by atoms with Crippen molar-refractivity contribution < 1.29 is 4.79 Å². The predicted octanol–water partition coefficient (Wildman–Crippen LogP) is 3.76. The van der Waals surface area contributed by atoms with Crippen LogP contribution in [0.15, 0.2) is 66.7 Å². The van der Waals surface area contributed by atoms with Gasteiger partial charge in [-0.15, -0.1) is 0 Å². The number of carbonyl (C=O) groups excluding carboxylic acids is 1. The minimum absolute atomic E-state index is 0.0849. The van der Waals surface area contributed by atoms with Gasteiger partial charge in [-0.3, -0.25) is 4.90 Å². The van der Waals surface area contributed by atoms with E-state index in [1.165, 1.54) is 24.0 Å². The molecule has 2 aromatic carbocycles. The van der Waals surface area contributed by atoms with Gasteiger partial charge in [-0.2, -0.15) is 0 Å². The summed E-state index contributed by atoms with van der Waals surface area (Å²) in [5.41, 5.74) is 2.75. The predicted molar refractivity (Wildman–Crippen MR) is 114 cm³/mol. The zero-order valence-corrected chi connectivity index (χ0v) is 16.4. The summed E-state index contributed by atoms with van der Waals surface area (Å²) in [6, 6.07) is 21.0. The van der Waals surface area contributed by atoms with Gasteiger partial charge in [0.1, 0.15) is 0 Å². The summed E-state index contributed by atoms with van der Waals surface area (Å²) < 4.78 is 0. The second-order valence-electron chi connectivity index (χ2n) is 7.91. The molecule has 1 N–H and O–H groups in total. The summed E-state index contributed by atoms with van der Waals surface area (Å²) in [6.45, 7) is 5.12. The normalized spacial score (nSPS) is 18.9. The van der Waals surface area contributed by atoms with E-state index in [2.05, 4.69) is 70.9 Å². The van der Waals surface area contributed by atoms with Gasteiger partial charge in [0.15, 0.2) is 0 Å². The van der Waals surface area contributed by atoms with Crippen molar-refractivity contribution in [1.82, 2.24) is 15.1 Å². The lowest BCUT2D eigenvalue weighted by Crippen LogP contribution is -2.52. The average molecular weight is 376 g/mol. The lowest BCUT2D eigenvalue weighted by atomic mass is 9.96. The molecule has 1 aliphatic heterocycles. The minimum Gasteiger partial charge on any atom is -0.337 e. The van der Waals surface area contributed by atoms with Crippen molar-refractivity contribution in [3.05, 3.63) is 77.9 Å². The number of carbonyl (C=O) groups is 1. The molecule has 1 saturated carbocycles. The first-order valence-corrected chi connectivity index (χ1v) is 10.3. The average Bonchev–Trinajstić information content (AvgIpc) is 3.55. The van der Waals surface area contributed by atoms with Crippen molar-refractivity contribution in [2.75, 3.05) is 39.3 Å². The molecule has 0 radical (unpaired) electrons. The van der Waals surface area contributed by atoms with Crippen LogP contribution < -0.4 is 5.32 Å². The number of urea groups is 1. The number of nitrogens with zero attached hydrogens (tertiary/aromatic N) is 2. The molecule has 1 heterocycles. The second-order valence-corrected chi connectivity index (χ2v) is 7.91. The molecule has 2 amide bonds. The lowest BCUT2D eigenvalue weighted by Gasteiger charge is -2.34. The topological polar surface area (TPSA) is 35.6 Å². The molecule has 0 spiro atoms. The van der Waals surface area contributed by atoms with E-state index in [0.717, 1.165) is 39.3 Å². The molecule has 1 saturated heterocycles. The minimum atomic E-state index is 0.0849. The smallest absolute Gasteiger partial charge is 0.317 e. The van der Waals surface area contributed by atoms with Crippen LogP contribution in [-0.4, -0.2) is 55.1 Å². The Morgan fingerprint density at radius 1 is 0.929 bits per heavy atom. The number of piperazine rings is 1. The maximum Gasteiger partial charge on any atom is 0.317 e. The van der Waals surface area contributed by atoms with Crippen molar-refractivity contribution in [1.29, 1.82) is 0 Å². The maximum absolute atomic E-state index is 12.6. The molecule has 2 aromatic rings. The molecular formula is C24H29N3O. The third-order valence-corrected chi connectivity index (χ3v) is 5.95. The maximum atomic E-state index is 12.6. The highest BCUT2D eigenvalue weighted by Crippen LogP contribution is 2.47. The molecule has 0 aromatic heterocycles. The summed E-state index contributed by atoms with van der Waals surface area (Å²) in [5, 5.41) is 3.19. The van der Waals surface area contributed by atoms with Crippen LogP contribution in [0.4, 0.5) is 4.79 Å². The zero-order valence-electron chi connectivity index (χ0n) is 16.4. The van der Waals surface area contributed by atoms with Crippen molar-refractivity contribution in [2.45, 2.75) is 18.3 Å². The van der Waals surface area contributed by atoms with Crippen LogP contribution in [0.5, 0.6) is 0 Å². The number of hydrogen-bond donors (Lipinski definition) is 1. The van der Waals surface area contributed by atoms with E-state index in [0.29, 0.717) is 0 Å². The molecule has 0 atom stereocenters. The lowest BCUT2D eigenvalue weighted by molar-refractivity contribution is 0.146. The summed E-state index contributed by atoms with van der Waals surface area (Å²) in [4.78, 5) is 16.9. The van der Waals surface area contributed by atoms with Crippen molar-refractivity contribution in [3.63, 3.8) is 0 Å².